The van der Waals surface area contributed by atoms with Gasteiger partial charge < -0.3 is 29.7 Å². The van der Waals surface area contributed by atoms with Crippen LogP contribution in [0, 0.1) is 5.41 Å². The number of carbonyl (C=O) groups excluding carboxylic acids is 3. The number of nitrogens with zero attached hydrogens (tertiary/aromatic N) is 1. The highest BCUT2D eigenvalue weighted by molar-refractivity contribution is 5.82. The van der Waals surface area contributed by atoms with Gasteiger partial charge in [-0.15, -0.1) is 0 Å². The summed E-state index contributed by atoms with van der Waals surface area (Å²) < 4.78 is 17.4. The highest BCUT2D eigenvalue weighted by Crippen LogP contribution is 2.34. The highest BCUT2D eigenvalue weighted by atomic mass is 16.7. The Morgan fingerprint density at radius 3 is 2.49 bits per heavy atom. The zero-order valence-electron chi connectivity index (χ0n) is 25.7. The Balaban J connectivity index is 1.51. The van der Waals surface area contributed by atoms with Crippen molar-refractivity contribution in [2.24, 2.45) is 5.41 Å². The van der Waals surface area contributed by atoms with Gasteiger partial charge >= 0.3 is 12.0 Å². The fraction of sp³-hybridized carbons (Fsp3) is 0.719. The third kappa shape index (κ3) is 10.6. The minimum Gasteiger partial charge on any atom is -0.460 e. The van der Waals surface area contributed by atoms with Gasteiger partial charge in [0.1, 0.15) is 12.2 Å². The number of amides is 3. The summed E-state index contributed by atoms with van der Waals surface area (Å²) >= 11 is 0. The highest BCUT2D eigenvalue weighted by Gasteiger charge is 2.45. The molecule has 0 aromatic heterocycles. The molecule has 1 aliphatic carbocycles. The van der Waals surface area contributed by atoms with Crippen LogP contribution in [0.25, 0.3) is 0 Å². The number of hydrogen-bond acceptors (Lipinski definition) is 6. The number of nitrogens with one attached hydrogen (secondary N) is 2. The summed E-state index contributed by atoms with van der Waals surface area (Å²) in [5.41, 5.74) is 0.600. The van der Waals surface area contributed by atoms with Gasteiger partial charge in [0.15, 0.2) is 5.79 Å². The van der Waals surface area contributed by atoms with Crippen molar-refractivity contribution in [2.75, 3.05) is 19.7 Å². The molecule has 9 nitrogen and oxygen atoms in total. The third-order valence-corrected chi connectivity index (χ3v) is 7.85. The largest absolute Gasteiger partial charge is 0.460 e. The molecule has 0 spiro atoms. The average molecular weight is 574 g/mol. The first-order chi connectivity index (χ1) is 19.5. The summed E-state index contributed by atoms with van der Waals surface area (Å²) in [7, 11) is 0. The lowest BCUT2D eigenvalue weighted by atomic mass is 9.85. The Kier molecular flexibility index (Phi) is 12.5. The molecular weight excluding hydrogens is 522 g/mol. The van der Waals surface area contributed by atoms with Gasteiger partial charge in [-0.1, -0.05) is 76.8 Å². The molecule has 1 aromatic carbocycles. The van der Waals surface area contributed by atoms with Crippen molar-refractivity contribution in [2.45, 2.75) is 123 Å². The Hall–Kier alpha value is -2.65. The van der Waals surface area contributed by atoms with E-state index in [-0.39, 0.29) is 43.0 Å². The van der Waals surface area contributed by atoms with Crippen molar-refractivity contribution in [3.8, 4) is 0 Å². The van der Waals surface area contributed by atoms with Crippen LogP contribution in [0.2, 0.25) is 0 Å². The van der Waals surface area contributed by atoms with E-state index in [1.807, 2.05) is 49.1 Å². The molecule has 230 valence electrons. The van der Waals surface area contributed by atoms with E-state index < -0.39 is 17.3 Å². The quantitative estimate of drug-likeness (QED) is 0.245. The molecule has 41 heavy (non-hydrogen) atoms. The van der Waals surface area contributed by atoms with E-state index >= 15 is 0 Å². The van der Waals surface area contributed by atoms with E-state index in [1.54, 1.807) is 13.8 Å². The summed E-state index contributed by atoms with van der Waals surface area (Å²) in [5.74, 6) is -1.49. The number of carbonyl (C=O) groups is 3. The Morgan fingerprint density at radius 1 is 1.02 bits per heavy atom. The average Bonchev–Trinajstić information content (AvgIpc) is 2.93. The molecule has 1 aliphatic heterocycles. The van der Waals surface area contributed by atoms with Gasteiger partial charge in [-0.2, -0.15) is 0 Å². The van der Waals surface area contributed by atoms with E-state index in [9.17, 15) is 14.4 Å². The van der Waals surface area contributed by atoms with Crippen LogP contribution >= 0.6 is 0 Å². The van der Waals surface area contributed by atoms with Crippen LogP contribution in [0.5, 0.6) is 0 Å². The second kappa shape index (κ2) is 15.5. The van der Waals surface area contributed by atoms with Crippen LogP contribution in [0.3, 0.4) is 0 Å². The molecule has 2 fully saturated rings. The van der Waals surface area contributed by atoms with Gasteiger partial charge in [-0.05, 0) is 45.1 Å². The molecule has 1 heterocycles. The first-order valence-corrected chi connectivity index (χ1v) is 15.4. The molecule has 0 bridgehead atoms. The predicted molar refractivity (Wildman–Crippen MR) is 158 cm³/mol. The van der Waals surface area contributed by atoms with Gasteiger partial charge in [0.25, 0.3) is 0 Å². The Labute approximate surface area is 246 Å². The molecule has 3 atom stereocenters. The Bertz CT molecular complexity index is 983. The van der Waals surface area contributed by atoms with Gasteiger partial charge in [0, 0.05) is 25.0 Å². The van der Waals surface area contributed by atoms with Crippen LogP contribution in [-0.2, 0) is 30.3 Å². The maximum atomic E-state index is 13.4. The third-order valence-electron chi connectivity index (χ3n) is 7.85. The molecule has 3 amide bonds. The van der Waals surface area contributed by atoms with Gasteiger partial charge in [0.05, 0.1) is 19.1 Å². The maximum absolute atomic E-state index is 13.4. The van der Waals surface area contributed by atoms with Crippen LogP contribution in [0.4, 0.5) is 4.79 Å². The van der Waals surface area contributed by atoms with Crippen molar-refractivity contribution < 1.29 is 28.6 Å². The second-order valence-corrected chi connectivity index (χ2v) is 12.6. The molecule has 3 rings (SSSR count). The van der Waals surface area contributed by atoms with E-state index in [0.29, 0.717) is 26.1 Å². The maximum Gasteiger partial charge on any atom is 0.318 e. The van der Waals surface area contributed by atoms with Crippen LogP contribution in [0.15, 0.2) is 30.3 Å². The predicted octanol–water partition coefficient (Wildman–Crippen LogP) is 5.32. The first-order valence-electron chi connectivity index (χ1n) is 15.4. The van der Waals surface area contributed by atoms with Crippen molar-refractivity contribution in [3.05, 3.63) is 35.9 Å². The standard InChI is InChI=1S/C32H51N3O6/c1-6-7-8-14-21-35(22-24-15-10-9-11-16-24)30(38)34-25-17-12-13-18-26(25)40-27(36)19-20-33-29(37)28-31(2,3)23-39-32(4,5)41-28/h9-11,15-16,25-26,28H,6-8,12-14,17-23H2,1-5H3,(H,33,37)(H,34,38)/t25-,26-,28?/m0/s1. The van der Waals surface area contributed by atoms with Crippen LogP contribution < -0.4 is 10.6 Å². The number of urea groups is 1. The minimum absolute atomic E-state index is 0.0491. The van der Waals surface area contributed by atoms with E-state index in [4.69, 9.17) is 14.2 Å². The lowest BCUT2D eigenvalue weighted by Crippen LogP contribution is -2.56. The Morgan fingerprint density at radius 2 is 1.76 bits per heavy atom. The number of unbranched alkanes of at least 4 members (excludes halogenated alkanes) is 3. The topological polar surface area (TPSA) is 106 Å². The molecule has 1 saturated carbocycles. The van der Waals surface area contributed by atoms with E-state index in [0.717, 1.165) is 50.5 Å². The van der Waals surface area contributed by atoms with Crippen LogP contribution in [0.1, 0.15) is 98.0 Å². The smallest absolute Gasteiger partial charge is 0.318 e. The molecule has 0 radical (unpaired) electrons. The number of benzene rings is 1. The molecule has 1 saturated heterocycles. The van der Waals surface area contributed by atoms with Gasteiger partial charge in [-0.3, -0.25) is 9.59 Å². The fourth-order valence-electron chi connectivity index (χ4n) is 5.37. The lowest BCUT2D eigenvalue weighted by molar-refractivity contribution is -0.304. The molecule has 1 unspecified atom stereocenters. The summed E-state index contributed by atoms with van der Waals surface area (Å²) in [6.45, 7) is 11.4. The van der Waals surface area contributed by atoms with Gasteiger partial charge in [0.2, 0.25) is 5.91 Å². The summed E-state index contributed by atoms with van der Waals surface area (Å²) in [5, 5.41) is 6.01. The van der Waals surface area contributed by atoms with E-state index in [2.05, 4.69) is 17.6 Å². The SMILES string of the molecule is CCCCCCN(Cc1ccccc1)C(=O)N[C@H]1CCCC[C@@H]1OC(=O)CCNC(=O)C1OC(C)(C)OCC1(C)C. The summed E-state index contributed by atoms with van der Waals surface area (Å²) in [6.07, 6.45) is 6.71. The fourth-order valence-corrected chi connectivity index (χ4v) is 5.37. The monoisotopic (exact) mass is 573 g/mol. The molecule has 1 aromatic rings. The number of hydrogen-bond donors (Lipinski definition) is 2. The lowest BCUT2D eigenvalue weighted by Gasteiger charge is -2.44. The molecule has 2 aliphatic rings. The molecule has 9 heteroatoms. The first kappa shape index (κ1) is 32.9. The number of esters is 1. The zero-order chi connectivity index (χ0) is 29.9. The van der Waals surface area contributed by atoms with Crippen molar-refractivity contribution in [1.82, 2.24) is 15.5 Å². The molecule has 2 N–H and O–H groups in total. The van der Waals surface area contributed by atoms with Crippen molar-refractivity contribution in [1.29, 1.82) is 0 Å². The molecular formula is C32H51N3O6. The van der Waals surface area contributed by atoms with Crippen molar-refractivity contribution >= 4 is 17.9 Å². The second-order valence-electron chi connectivity index (χ2n) is 12.6. The zero-order valence-corrected chi connectivity index (χ0v) is 25.7. The number of rotatable bonds is 13. The number of ether oxygens (including phenoxy) is 3. The minimum atomic E-state index is -0.844. The summed E-state index contributed by atoms with van der Waals surface area (Å²) in [6, 6.07) is 9.66. The summed E-state index contributed by atoms with van der Waals surface area (Å²) in [4.78, 5) is 40.9. The van der Waals surface area contributed by atoms with Crippen molar-refractivity contribution in [3.63, 3.8) is 0 Å². The van der Waals surface area contributed by atoms with Crippen LogP contribution in [-0.4, -0.2) is 66.5 Å². The normalized spacial score (nSPS) is 23.3. The van der Waals surface area contributed by atoms with E-state index in [1.165, 1.54) is 0 Å². The van der Waals surface area contributed by atoms with Gasteiger partial charge in [-0.25, -0.2) is 4.79 Å².